The summed E-state index contributed by atoms with van der Waals surface area (Å²) in [4.78, 5) is 29.0. The third-order valence-electron chi connectivity index (χ3n) is 6.50. The first-order chi connectivity index (χ1) is 10.2. The maximum absolute atomic E-state index is 12.9. The molecule has 0 unspecified atom stereocenters. The van der Waals surface area contributed by atoms with E-state index in [-0.39, 0.29) is 5.41 Å². The minimum Gasteiger partial charge on any atom is -0.342 e. The van der Waals surface area contributed by atoms with E-state index in [1.54, 1.807) is 0 Å². The van der Waals surface area contributed by atoms with Crippen LogP contribution in [0.2, 0.25) is 0 Å². The molecule has 2 saturated carbocycles. The second-order valence-corrected chi connectivity index (χ2v) is 7.64. The Labute approximate surface area is 126 Å². The summed E-state index contributed by atoms with van der Waals surface area (Å²) in [6, 6.07) is 0.390. The summed E-state index contributed by atoms with van der Waals surface area (Å²) >= 11 is 0. The molecule has 4 fully saturated rings. The van der Waals surface area contributed by atoms with Crippen molar-refractivity contribution in [1.29, 1.82) is 0 Å². The third-order valence-corrected chi connectivity index (χ3v) is 6.50. The van der Waals surface area contributed by atoms with E-state index in [1.165, 1.54) is 12.8 Å². The number of carbonyl (C=O) groups is 2. The van der Waals surface area contributed by atoms with E-state index in [2.05, 4.69) is 9.80 Å². The predicted octanol–water partition coefficient (Wildman–Crippen LogP) is 2.18. The van der Waals surface area contributed by atoms with Crippen LogP contribution in [0.25, 0.3) is 0 Å². The summed E-state index contributed by atoms with van der Waals surface area (Å²) < 4.78 is 0. The lowest BCUT2D eigenvalue weighted by molar-refractivity contribution is -0.143. The zero-order valence-corrected chi connectivity index (χ0v) is 12.9. The minimum absolute atomic E-state index is 0.0148. The number of hydrogen-bond donors (Lipinski definition) is 0. The van der Waals surface area contributed by atoms with Crippen molar-refractivity contribution in [3.05, 3.63) is 0 Å². The van der Waals surface area contributed by atoms with Crippen molar-refractivity contribution >= 4 is 11.8 Å². The molecular weight excluding hydrogens is 264 g/mol. The summed E-state index contributed by atoms with van der Waals surface area (Å²) in [6.45, 7) is 2.66. The van der Waals surface area contributed by atoms with Gasteiger partial charge in [0.25, 0.3) is 0 Å². The number of carbonyl (C=O) groups excluding carboxylic acids is 2. The molecule has 21 heavy (non-hydrogen) atoms. The number of piperidine rings is 1. The van der Waals surface area contributed by atoms with Crippen molar-refractivity contribution < 1.29 is 9.59 Å². The van der Waals surface area contributed by atoms with Gasteiger partial charge in [-0.05, 0) is 57.3 Å². The second kappa shape index (κ2) is 4.99. The molecule has 0 aromatic rings. The highest BCUT2D eigenvalue weighted by Crippen LogP contribution is 2.55. The molecule has 0 N–H and O–H groups in total. The van der Waals surface area contributed by atoms with E-state index >= 15 is 0 Å². The van der Waals surface area contributed by atoms with Gasteiger partial charge in [-0.25, -0.2) is 0 Å². The Bertz CT molecular complexity index is 446. The summed E-state index contributed by atoms with van der Waals surface area (Å²) in [5, 5.41) is 0. The van der Waals surface area contributed by atoms with Crippen LogP contribution in [0.15, 0.2) is 0 Å². The average molecular weight is 290 g/mol. The number of fused-ring (bicyclic) bond motifs is 2. The van der Waals surface area contributed by atoms with Crippen LogP contribution in [0.4, 0.5) is 0 Å². The maximum atomic E-state index is 12.9. The molecule has 116 valence electrons. The van der Waals surface area contributed by atoms with Crippen LogP contribution in [0.3, 0.4) is 0 Å². The van der Waals surface area contributed by atoms with E-state index in [1.807, 2.05) is 0 Å². The Morgan fingerprint density at radius 1 is 1.05 bits per heavy atom. The number of likely N-dealkylation sites (tertiary alicyclic amines) is 2. The highest BCUT2D eigenvalue weighted by molar-refractivity contribution is 5.84. The number of nitrogens with zero attached hydrogens (tertiary/aromatic N) is 2. The van der Waals surface area contributed by atoms with Crippen LogP contribution in [0.1, 0.15) is 57.8 Å². The lowest BCUT2D eigenvalue weighted by Crippen LogP contribution is -2.50. The molecule has 2 heterocycles. The van der Waals surface area contributed by atoms with E-state index in [9.17, 15) is 9.59 Å². The second-order valence-electron chi connectivity index (χ2n) is 7.64. The summed E-state index contributed by atoms with van der Waals surface area (Å²) in [5.41, 5.74) is 0.0148. The topological polar surface area (TPSA) is 40.6 Å². The summed E-state index contributed by atoms with van der Waals surface area (Å²) in [6.07, 6.45) is 9.65. The van der Waals surface area contributed by atoms with Gasteiger partial charge in [-0.3, -0.25) is 9.59 Å². The molecule has 2 aliphatic carbocycles. The predicted molar refractivity (Wildman–Crippen MR) is 79.6 cm³/mol. The molecule has 2 saturated heterocycles. The highest BCUT2D eigenvalue weighted by Gasteiger charge is 2.51. The van der Waals surface area contributed by atoms with Crippen LogP contribution in [0.5, 0.6) is 0 Å². The van der Waals surface area contributed by atoms with Gasteiger partial charge >= 0.3 is 0 Å². The van der Waals surface area contributed by atoms with Gasteiger partial charge in [0.05, 0.1) is 0 Å². The van der Waals surface area contributed by atoms with Crippen LogP contribution in [-0.2, 0) is 9.59 Å². The fourth-order valence-corrected chi connectivity index (χ4v) is 5.26. The Morgan fingerprint density at radius 3 is 2.29 bits per heavy atom. The van der Waals surface area contributed by atoms with Crippen LogP contribution in [-0.4, -0.2) is 47.3 Å². The molecule has 0 aromatic carbocycles. The van der Waals surface area contributed by atoms with E-state index < -0.39 is 0 Å². The molecule has 0 atom stereocenters. The van der Waals surface area contributed by atoms with Gasteiger partial charge in [0.15, 0.2) is 0 Å². The molecule has 2 bridgehead atoms. The fraction of sp³-hybridized carbons (Fsp3) is 0.882. The van der Waals surface area contributed by atoms with Crippen molar-refractivity contribution in [3.63, 3.8) is 0 Å². The molecular formula is C17H26N2O2. The number of amides is 2. The molecule has 4 rings (SSSR count). The largest absolute Gasteiger partial charge is 0.342 e. The first kappa shape index (κ1) is 13.6. The fourth-order valence-electron chi connectivity index (χ4n) is 5.26. The molecule has 0 spiro atoms. The van der Waals surface area contributed by atoms with Gasteiger partial charge in [-0.1, -0.05) is 0 Å². The molecule has 4 heteroatoms. The van der Waals surface area contributed by atoms with Crippen LogP contribution in [0, 0.1) is 11.3 Å². The van der Waals surface area contributed by atoms with Gasteiger partial charge in [-0.2, -0.15) is 0 Å². The van der Waals surface area contributed by atoms with Gasteiger partial charge in [0, 0.05) is 37.5 Å². The zero-order chi connectivity index (χ0) is 14.4. The molecule has 2 amide bonds. The summed E-state index contributed by atoms with van der Waals surface area (Å²) in [5.74, 6) is 1.59. The zero-order valence-electron chi connectivity index (χ0n) is 12.9. The quantitative estimate of drug-likeness (QED) is 0.782. The first-order valence-corrected chi connectivity index (χ1v) is 8.77. The van der Waals surface area contributed by atoms with Crippen LogP contribution >= 0.6 is 0 Å². The monoisotopic (exact) mass is 290 g/mol. The van der Waals surface area contributed by atoms with E-state index in [4.69, 9.17) is 0 Å². The highest BCUT2D eigenvalue weighted by atomic mass is 16.2. The average Bonchev–Trinajstić information content (AvgIpc) is 3.23. The normalized spacial score (nSPS) is 36.8. The molecule has 4 nitrogen and oxygen atoms in total. The third kappa shape index (κ3) is 2.18. The standard InChI is InChI=1S/C17H26N2O2/c20-15-2-1-9-19(15)14-5-10-18(11-6-14)16(21)17-7-3-13(12-17)4-8-17/h13-14H,1-12H2. The van der Waals surface area contributed by atoms with Gasteiger partial charge in [-0.15, -0.1) is 0 Å². The van der Waals surface area contributed by atoms with Crippen molar-refractivity contribution in [1.82, 2.24) is 9.80 Å². The van der Waals surface area contributed by atoms with Crippen molar-refractivity contribution in [2.75, 3.05) is 19.6 Å². The van der Waals surface area contributed by atoms with Gasteiger partial charge in [0.2, 0.25) is 11.8 Å². The molecule has 0 radical (unpaired) electrons. The lowest BCUT2D eigenvalue weighted by Gasteiger charge is -2.40. The Hall–Kier alpha value is -1.06. The Kier molecular flexibility index (Phi) is 3.23. The van der Waals surface area contributed by atoms with Crippen molar-refractivity contribution in [2.45, 2.75) is 63.8 Å². The first-order valence-electron chi connectivity index (χ1n) is 8.77. The lowest BCUT2D eigenvalue weighted by atomic mass is 9.82. The molecule has 2 aliphatic heterocycles. The number of hydrogen-bond acceptors (Lipinski definition) is 2. The number of rotatable bonds is 2. The SMILES string of the molecule is O=C1CCCN1C1CCN(C(=O)C23CCC(CC2)C3)CC1. The van der Waals surface area contributed by atoms with Gasteiger partial charge in [0.1, 0.15) is 0 Å². The minimum atomic E-state index is 0.0148. The maximum Gasteiger partial charge on any atom is 0.228 e. The van der Waals surface area contributed by atoms with Crippen LogP contribution < -0.4 is 0 Å². The van der Waals surface area contributed by atoms with Crippen molar-refractivity contribution in [2.24, 2.45) is 11.3 Å². The van der Waals surface area contributed by atoms with Crippen molar-refractivity contribution in [3.8, 4) is 0 Å². The van der Waals surface area contributed by atoms with Gasteiger partial charge < -0.3 is 9.80 Å². The van der Waals surface area contributed by atoms with E-state index in [0.29, 0.717) is 17.9 Å². The molecule has 0 aromatic heterocycles. The van der Waals surface area contributed by atoms with E-state index in [0.717, 1.165) is 70.5 Å². The summed E-state index contributed by atoms with van der Waals surface area (Å²) in [7, 11) is 0. The molecule has 4 aliphatic rings. The smallest absolute Gasteiger partial charge is 0.228 e. The Morgan fingerprint density at radius 2 is 1.76 bits per heavy atom. The Balaban J connectivity index is 1.37.